The number of nitrogens with one attached hydrogen (secondary N) is 2. The molecule has 0 bridgehead atoms. The van der Waals surface area contributed by atoms with Crippen molar-refractivity contribution in [1.82, 2.24) is 10.2 Å². The van der Waals surface area contributed by atoms with E-state index in [1.165, 1.54) is 0 Å². The Morgan fingerprint density at radius 3 is 2.56 bits per heavy atom. The third kappa shape index (κ3) is 3.22. The van der Waals surface area contributed by atoms with E-state index >= 15 is 0 Å². The summed E-state index contributed by atoms with van der Waals surface area (Å²) in [7, 11) is 3.82. The van der Waals surface area contributed by atoms with Gasteiger partial charge in [0.25, 0.3) is 0 Å². The molecule has 0 saturated heterocycles. The monoisotopic (exact) mass is 249 g/mol. The van der Waals surface area contributed by atoms with Crippen LogP contribution in [0.15, 0.2) is 23.0 Å². The minimum atomic E-state index is 0.0118. The van der Waals surface area contributed by atoms with Crippen LogP contribution in [0.4, 0.5) is 0 Å². The molecule has 1 rings (SSSR count). The van der Waals surface area contributed by atoms with Crippen molar-refractivity contribution < 1.29 is 4.79 Å². The standard InChI is InChI=1S/C14H23N3O/c1-5-12(16-6-2)13-11(15)8-7-10(14(13)18)9-17(3)4/h9,15-16H,5-8H2,1-4H3/b10-9+,13-12+,15-11?. The molecule has 4 heteroatoms. The molecule has 0 heterocycles. The van der Waals surface area contributed by atoms with Gasteiger partial charge < -0.3 is 15.6 Å². The molecule has 0 aromatic heterocycles. The van der Waals surface area contributed by atoms with E-state index in [-0.39, 0.29) is 5.78 Å². The number of hydrogen-bond acceptors (Lipinski definition) is 4. The summed E-state index contributed by atoms with van der Waals surface area (Å²) in [5.74, 6) is 0.0118. The molecular formula is C14H23N3O. The molecule has 0 spiro atoms. The number of ketones is 1. The third-order valence-corrected chi connectivity index (χ3v) is 2.92. The summed E-state index contributed by atoms with van der Waals surface area (Å²) in [6.07, 6.45) is 3.94. The summed E-state index contributed by atoms with van der Waals surface area (Å²) in [6.45, 7) is 4.79. The molecule has 0 atom stereocenters. The largest absolute Gasteiger partial charge is 0.388 e. The summed E-state index contributed by atoms with van der Waals surface area (Å²) in [5.41, 5.74) is 2.75. The molecule has 1 aliphatic rings. The fraction of sp³-hybridized carbons (Fsp3) is 0.571. The minimum absolute atomic E-state index is 0.0118. The van der Waals surface area contributed by atoms with Crippen molar-refractivity contribution in [3.8, 4) is 0 Å². The second-order valence-corrected chi connectivity index (χ2v) is 4.66. The molecule has 18 heavy (non-hydrogen) atoms. The van der Waals surface area contributed by atoms with Crippen LogP contribution in [-0.2, 0) is 4.79 Å². The Hall–Kier alpha value is -1.58. The maximum absolute atomic E-state index is 12.4. The molecule has 0 amide bonds. The maximum Gasteiger partial charge on any atom is 0.194 e. The molecule has 1 fully saturated rings. The van der Waals surface area contributed by atoms with E-state index in [9.17, 15) is 4.79 Å². The molecule has 0 radical (unpaired) electrons. The van der Waals surface area contributed by atoms with Crippen molar-refractivity contribution in [2.75, 3.05) is 20.6 Å². The number of carbonyl (C=O) groups is 1. The van der Waals surface area contributed by atoms with E-state index in [1.807, 2.05) is 39.0 Å². The van der Waals surface area contributed by atoms with Crippen LogP contribution in [0.25, 0.3) is 0 Å². The van der Waals surface area contributed by atoms with Gasteiger partial charge in [-0.25, -0.2) is 0 Å². The fourth-order valence-corrected chi connectivity index (χ4v) is 2.15. The van der Waals surface area contributed by atoms with Gasteiger partial charge in [-0.05, 0) is 26.2 Å². The van der Waals surface area contributed by atoms with Crippen LogP contribution in [0.2, 0.25) is 0 Å². The summed E-state index contributed by atoms with van der Waals surface area (Å²) >= 11 is 0. The van der Waals surface area contributed by atoms with Crippen molar-refractivity contribution in [3.05, 3.63) is 23.0 Å². The first-order valence-corrected chi connectivity index (χ1v) is 6.47. The predicted octanol–water partition coefficient (Wildman–Crippen LogP) is 2.09. The van der Waals surface area contributed by atoms with Gasteiger partial charge in [0.2, 0.25) is 0 Å². The number of carbonyl (C=O) groups excluding carboxylic acids is 1. The zero-order chi connectivity index (χ0) is 13.7. The lowest BCUT2D eigenvalue weighted by Crippen LogP contribution is -2.28. The third-order valence-electron chi connectivity index (χ3n) is 2.92. The molecule has 0 aromatic rings. The Morgan fingerprint density at radius 1 is 1.39 bits per heavy atom. The van der Waals surface area contributed by atoms with Crippen LogP contribution in [0.3, 0.4) is 0 Å². The first-order valence-electron chi connectivity index (χ1n) is 6.47. The lowest BCUT2D eigenvalue weighted by atomic mass is 9.86. The van der Waals surface area contributed by atoms with Gasteiger partial charge in [-0.15, -0.1) is 0 Å². The number of rotatable bonds is 4. The van der Waals surface area contributed by atoms with Gasteiger partial charge in [-0.3, -0.25) is 4.79 Å². The molecule has 1 aliphatic carbocycles. The number of Topliss-reactive ketones (excluding diaryl/α,β-unsaturated/α-hetero) is 1. The van der Waals surface area contributed by atoms with Crippen molar-refractivity contribution in [2.45, 2.75) is 33.1 Å². The van der Waals surface area contributed by atoms with E-state index in [2.05, 4.69) is 5.32 Å². The van der Waals surface area contributed by atoms with Crippen LogP contribution in [0.1, 0.15) is 33.1 Å². The average Bonchev–Trinajstić information content (AvgIpc) is 2.31. The zero-order valence-electron chi connectivity index (χ0n) is 11.8. The van der Waals surface area contributed by atoms with Crippen LogP contribution in [0.5, 0.6) is 0 Å². The lowest BCUT2D eigenvalue weighted by molar-refractivity contribution is -0.112. The average molecular weight is 249 g/mol. The topological polar surface area (TPSA) is 56.2 Å². The second kappa shape index (κ2) is 6.38. The Bertz CT molecular complexity index is 405. The molecule has 2 N–H and O–H groups in total. The SMILES string of the molecule is CCN/C(CC)=C1\C(=N)CC/C(=C\N(C)C)C1=O. The smallest absolute Gasteiger partial charge is 0.194 e. The highest BCUT2D eigenvalue weighted by atomic mass is 16.1. The van der Waals surface area contributed by atoms with Crippen molar-refractivity contribution in [3.63, 3.8) is 0 Å². The van der Waals surface area contributed by atoms with Gasteiger partial charge in [-0.2, -0.15) is 0 Å². The lowest BCUT2D eigenvalue weighted by Gasteiger charge is -2.22. The molecular weight excluding hydrogens is 226 g/mol. The van der Waals surface area contributed by atoms with E-state index in [0.29, 0.717) is 24.1 Å². The van der Waals surface area contributed by atoms with Crippen LogP contribution in [-0.4, -0.2) is 37.0 Å². The number of nitrogens with zero attached hydrogens (tertiary/aromatic N) is 1. The van der Waals surface area contributed by atoms with Crippen LogP contribution < -0.4 is 5.32 Å². The van der Waals surface area contributed by atoms with E-state index in [1.54, 1.807) is 0 Å². The minimum Gasteiger partial charge on any atom is -0.388 e. The Labute approximate surface area is 109 Å². The first kappa shape index (κ1) is 14.5. The van der Waals surface area contributed by atoms with Crippen LogP contribution in [0, 0.1) is 5.41 Å². The molecule has 4 nitrogen and oxygen atoms in total. The van der Waals surface area contributed by atoms with Gasteiger partial charge in [0.1, 0.15) is 0 Å². The zero-order valence-corrected chi connectivity index (χ0v) is 11.8. The van der Waals surface area contributed by atoms with Gasteiger partial charge >= 0.3 is 0 Å². The summed E-state index contributed by atoms with van der Waals surface area (Å²) < 4.78 is 0. The quantitative estimate of drug-likeness (QED) is 0.750. The normalized spacial score (nSPS) is 21.2. The number of allylic oxidation sites excluding steroid dienone is 3. The Morgan fingerprint density at radius 2 is 2.06 bits per heavy atom. The highest BCUT2D eigenvalue weighted by Gasteiger charge is 2.27. The molecule has 0 aromatic carbocycles. The van der Waals surface area contributed by atoms with Gasteiger partial charge in [-0.1, -0.05) is 6.92 Å². The van der Waals surface area contributed by atoms with E-state index in [4.69, 9.17) is 5.41 Å². The van der Waals surface area contributed by atoms with E-state index < -0.39 is 0 Å². The summed E-state index contributed by atoms with van der Waals surface area (Å²) in [5, 5.41) is 11.2. The maximum atomic E-state index is 12.4. The van der Waals surface area contributed by atoms with E-state index in [0.717, 1.165) is 24.2 Å². The predicted molar refractivity (Wildman–Crippen MR) is 74.7 cm³/mol. The van der Waals surface area contributed by atoms with Gasteiger partial charge in [0.15, 0.2) is 5.78 Å². The van der Waals surface area contributed by atoms with Gasteiger partial charge in [0, 0.05) is 43.8 Å². The summed E-state index contributed by atoms with van der Waals surface area (Å²) in [4.78, 5) is 14.3. The molecule has 0 aliphatic heterocycles. The fourth-order valence-electron chi connectivity index (χ4n) is 2.15. The second-order valence-electron chi connectivity index (χ2n) is 4.66. The Kier molecular flexibility index (Phi) is 5.13. The molecule has 100 valence electrons. The van der Waals surface area contributed by atoms with Gasteiger partial charge in [0.05, 0.1) is 5.57 Å². The van der Waals surface area contributed by atoms with Crippen molar-refractivity contribution >= 4 is 11.5 Å². The van der Waals surface area contributed by atoms with Crippen molar-refractivity contribution in [1.29, 1.82) is 5.41 Å². The summed E-state index contributed by atoms with van der Waals surface area (Å²) in [6, 6.07) is 0. The molecule has 0 unspecified atom stereocenters. The first-order chi connectivity index (χ1) is 8.51. The number of hydrogen-bond donors (Lipinski definition) is 2. The van der Waals surface area contributed by atoms with Crippen molar-refractivity contribution in [2.24, 2.45) is 0 Å². The Balaban J connectivity index is 3.15. The van der Waals surface area contributed by atoms with Crippen LogP contribution >= 0.6 is 0 Å². The highest BCUT2D eigenvalue weighted by Crippen LogP contribution is 2.25. The highest BCUT2D eigenvalue weighted by molar-refractivity contribution is 6.29. The molecule has 1 saturated carbocycles.